The standard InChI is InChI=1S/C8H15N3/c1-3-6-11(2)7-8-4-5-9-10-8/h4-5H,3,6-7H2,1-2H3,(H,9,10). The third-order valence-corrected chi connectivity index (χ3v) is 1.60. The lowest BCUT2D eigenvalue weighted by Crippen LogP contribution is -2.18. The molecule has 0 spiro atoms. The summed E-state index contributed by atoms with van der Waals surface area (Å²) in [5.74, 6) is 0. The van der Waals surface area contributed by atoms with E-state index in [0.717, 1.165) is 13.1 Å². The Morgan fingerprint density at radius 2 is 2.45 bits per heavy atom. The van der Waals surface area contributed by atoms with Crippen LogP contribution >= 0.6 is 0 Å². The molecule has 0 aliphatic heterocycles. The Hall–Kier alpha value is -0.830. The van der Waals surface area contributed by atoms with E-state index < -0.39 is 0 Å². The van der Waals surface area contributed by atoms with Crippen LogP contribution in [0.4, 0.5) is 0 Å². The molecule has 0 saturated heterocycles. The molecule has 1 N–H and O–H groups in total. The molecule has 1 aromatic rings. The first kappa shape index (κ1) is 8.27. The van der Waals surface area contributed by atoms with E-state index in [9.17, 15) is 0 Å². The van der Waals surface area contributed by atoms with E-state index in [4.69, 9.17) is 0 Å². The fourth-order valence-electron chi connectivity index (χ4n) is 1.12. The van der Waals surface area contributed by atoms with Gasteiger partial charge >= 0.3 is 0 Å². The zero-order valence-electron chi connectivity index (χ0n) is 7.17. The summed E-state index contributed by atoms with van der Waals surface area (Å²) in [6, 6.07) is 2.01. The van der Waals surface area contributed by atoms with Crippen molar-refractivity contribution in [3.05, 3.63) is 18.0 Å². The zero-order valence-corrected chi connectivity index (χ0v) is 7.17. The molecule has 0 atom stereocenters. The molecule has 3 nitrogen and oxygen atoms in total. The lowest BCUT2D eigenvalue weighted by molar-refractivity contribution is 0.323. The van der Waals surface area contributed by atoms with Gasteiger partial charge in [0.15, 0.2) is 0 Å². The molecule has 0 fully saturated rings. The van der Waals surface area contributed by atoms with Gasteiger partial charge < -0.3 is 4.90 Å². The van der Waals surface area contributed by atoms with Crippen LogP contribution in [0.15, 0.2) is 12.3 Å². The van der Waals surface area contributed by atoms with Crippen LogP contribution in [0.2, 0.25) is 0 Å². The first-order valence-electron chi connectivity index (χ1n) is 3.99. The summed E-state index contributed by atoms with van der Waals surface area (Å²) in [7, 11) is 2.12. The summed E-state index contributed by atoms with van der Waals surface area (Å²) in [5, 5.41) is 6.82. The molecular weight excluding hydrogens is 138 g/mol. The van der Waals surface area contributed by atoms with Crippen molar-refractivity contribution >= 4 is 0 Å². The van der Waals surface area contributed by atoms with Gasteiger partial charge in [0.25, 0.3) is 0 Å². The van der Waals surface area contributed by atoms with Crippen molar-refractivity contribution < 1.29 is 0 Å². The second-order valence-electron chi connectivity index (χ2n) is 2.82. The number of rotatable bonds is 4. The fraction of sp³-hybridized carbons (Fsp3) is 0.625. The molecule has 0 aliphatic carbocycles. The number of aromatic nitrogens is 2. The van der Waals surface area contributed by atoms with Crippen molar-refractivity contribution in [3.8, 4) is 0 Å². The summed E-state index contributed by atoms with van der Waals surface area (Å²) < 4.78 is 0. The van der Waals surface area contributed by atoms with Crippen LogP contribution < -0.4 is 0 Å². The molecule has 0 bridgehead atoms. The van der Waals surface area contributed by atoms with E-state index in [1.165, 1.54) is 12.1 Å². The maximum Gasteiger partial charge on any atom is 0.0492 e. The predicted molar refractivity (Wildman–Crippen MR) is 45.2 cm³/mol. The second kappa shape index (κ2) is 4.13. The molecular formula is C8H15N3. The highest BCUT2D eigenvalue weighted by atomic mass is 15.2. The van der Waals surface area contributed by atoms with Gasteiger partial charge in [-0.05, 0) is 26.1 Å². The van der Waals surface area contributed by atoms with Gasteiger partial charge in [-0.25, -0.2) is 0 Å². The van der Waals surface area contributed by atoms with Crippen molar-refractivity contribution in [2.24, 2.45) is 0 Å². The summed E-state index contributed by atoms with van der Waals surface area (Å²) in [5.41, 5.74) is 1.18. The predicted octanol–water partition coefficient (Wildman–Crippen LogP) is 1.25. The Morgan fingerprint density at radius 3 is 3.00 bits per heavy atom. The molecule has 1 rings (SSSR count). The van der Waals surface area contributed by atoms with Crippen molar-refractivity contribution in [2.75, 3.05) is 13.6 Å². The monoisotopic (exact) mass is 153 g/mol. The average Bonchev–Trinajstić information content (AvgIpc) is 2.40. The largest absolute Gasteiger partial charge is 0.301 e. The van der Waals surface area contributed by atoms with Gasteiger partial charge in [0, 0.05) is 18.4 Å². The minimum atomic E-state index is 0.966. The van der Waals surface area contributed by atoms with Gasteiger partial charge in [0.1, 0.15) is 0 Å². The lowest BCUT2D eigenvalue weighted by atomic mass is 10.4. The van der Waals surface area contributed by atoms with Gasteiger partial charge in [-0.1, -0.05) is 6.92 Å². The van der Waals surface area contributed by atoms with Crippen LogP contribution in [0, 0.1) is 0 Å². The Balaban J connectivity index is 2.31. The smallest absolute Gasteiger partial charge is 0.0492 e. The topological polar surface area (TPSA) is 31.9 Å². The Labute approximate surface area is 67.4 Å². The summed E-state index contributed by atoms with van der Waals surface area (Å²) >= 11 is 0. The number of H-pyrrole nitrogens is 1. The van der Waals surface area contributed by atoms with Gasteiger partial charge in [-0.15, -0.1) is 0 Å². The molecule has 1 aromatic heterocycles. The number of hydrogen-bond acceptors (Lipinski definition) is 2. The SMILES string of the molecule is CCCN(C)Cc1ccn[nH]1. The van der Waals surface area contributed by atoms with Crippen molar-refractivity contribution in [1.29, 1.82) is 0 Å². The number of nitrogens with one attached hydrogen (secondary N) is 1. The molecule has 0 radical (unpaired) electrons. The molecule has 0 aliphatic rings. The first-order valence-corrected chi connectivity index (χ1v) is 3.99. The highest BCUT2D eigenvalue weighted by molar-refractivity contribution is 4.96. The van der Waals surface area contributed by atoms with E-state index in [1.54, 1.807) is 6.20 Å². The molecule has 1 heterocycles. The molecule has 0 saturated carbocycles. The van der Waals surface area contributed by atoms with Gasteiger partial charge in [0.2, 0.25) is 0 Å². The van der Waals surface area contributed by atoms with Crippen molar-refractivity contribution in [1.82, 2.24) is 15.1 Å². The Bertz CT molecular complexity index is 181. The number of aromatic amines is 1. The Morgan fingerprint density at radius 1 is 1.64 bits per heavy atom. The van der Waals surface area contributed by atoms with Gasteiger partial charge in [-0.3, -0.25) is 5.10 Å². The average molecular weight is 153 g/mol. The van der Waals surface area contributed by atoms with Crippen molar-refractivity contribution in [3.63, 3.8) is 0 Å². The molecule has 3 heteroatoms. The number of hydrogen-bond donors (Lipinski definition) is 1. The quantitative estimate of drug-likeness (QED) is 0.706. The summed E-state index contributed by atoms with van der Waals surface area (Å²) in [6.07, 6.45) is 2.99. The van der Waals surface area contributed by atoms with Crippen LogP contribution in [0.3, 0.4) is 0 Å². The van der Waals surface area contributed by atoms with E-state index in [1.807, 2.05) is 6.07 Å². The van der Waals surface area contributed by atoms with E-state index in [2.05, 4.69) is 29.1 Å². The molecule has 11 heavy (non-hydrogen) atoms. The van der Waals surface area contributed by atoms with E-state index in [-0.39, 0.29) is 0 Å². The summed E-state index contributed by atoms with van der Waals surface area (Å²) in [6.45, 7) is 4.29. The van der Waals surface area contributed by atoms with Crippen LogP contribution in [-0.2, 0) is 6.54 Å². The van der Waals surface area contributed by atoms with Crippen LogP contribution in [0.5, 0.6) is 0 Å². The Kier molecular flexibility index (Phi) is 3.11. The molecule has 0 unspecified atom stereocenters. The maximum absolute atomic E-state index is 3.88. The molecule has 0 aromatic carbocycles. The summed E-state index contributed by atoms with van der Waals surface area (Å²) in [4.78, 5) is 2.27. The third-order valence-electron chi connectivity index (χ3n) is 1.60. The van der Waals surface area contributed by atoms with Gasteiger partial charge in [-0.2, -0.15) is 5.10 Å². The van der Waals surface area contributed by atoms with Crippen LogP contribution in [0.25, 0.3) is 0 Å². The van der Waals surface area contributed by atoms with Crippen LogP contribution in [0.1, 0.15) is 19.0 Å². The maximum atomic E-state index is 3.88. The number of nitrogens with zero attached hydrogens (tertiary/aromatic N) is 2. The van der Waals surface area contributed by atoms with Crippen molar-refractivity contribution in [2.45, 2.75) is 19.9 Å². The van der Waals surface area contributed by atoms with Gasteiger partial charge in [0.05, 0.1) is 0 Å². The second-order valence-corrected chi connectivity index (χ2v) is 2.82. The lowest BCUT2D eigenvalue weighted by Gasteiger charge is -2.13. The van der Waals surface area contributed by atoms with E-state index in [0.29, 0.717) is 0 Å². The van der Waals surface area contributed by atoms with Crippen LogP contribution in [-0.4, -0.2) is 28.7 Å². The molecule has 0 amide bonds. The fourth-order valence-corrected chi connectivity index (χ4v) is 1.12. The normalized spacial score (nSPS) is 10.8. The van der Waals surface area contributed by atoms with E-state index >= 15 is 0 Å². The molecule has 62 valence electrons. The zero-order chi connectivity index (χ0) is 8.10. The highest BCUT2D eigenvalue weighted by Gasteiger charge is 1.98. The minimum Gasteiger partial charge on any atom is -0.301 e. The first-order chi connectivity index (χ1) is 5.33. The minimum absolute atomic E-state index is 0.966. The highest BCUT2D eigenvalue weighted by Crippen LogP contribution is 1.97. The third kappa shape index (κ3) is 2.72.